The number of carbonyl (C=O) groups excluding carboxylic acids is 2. The van der Waals surface area contributed by atoms with Gasteiger partial charge in [-0.1, -0.05) is 26.0 Å². The van der Waals surface area contributed by atoms with Crippen molar-refractivity contribution in [3.63, 3.8) is 0 Å². The van der Waals surface area contributed by atoms with Crippen molar-refractivity contribution < 1.29 is 19.2 Å². The summed E-state index contributed by atoms with van der Waals surface area (Å²) in [6.07, 6.45) is 2.42. The normalized spacial score (nSPS) is 13.1. The van der Waals surface area contributed by atoms with E-state index in [2.05, 4.69) is 5.32 Å². The minimum atomic E-state index is -1.05. The highest BCUT2D eigenvalue weighted by atomic mass is 16.6. The summed E-state index contributed by atoms with van der Waals surface area (Å²) in [5.74, 6) is -1.48. The van der Waals surface area contributed by atoms with Crippen LogP contribution < -0.4 is 5.32 Å². The summed E-state index contributed by atoms with van der Waals surface area (Å²) < 4.78 is 4.79. The molecular formula is C17H19N3O5. The summed E-state index contributed by atoms with van der Waals surface area (Å²) in [7, 11) is 0. The van der Waals surface area contributed by atoms with Crippen LogP contribution in [0.4, 0.5) is 5.69 Å². The largest absolute Gasteiger partial charge is 0.452 e. The van der Waals surface area contributed by atoms with Gasteiger partial charge in [0.25, 0.3) is 11.6 Å². The number of esters is 1. The van der Waals surface area contributed by atoms with Crippen molar-refractivity contribution in [1.82, 2.24) is 5.32 Å². The molecule has 0 heterocycles. The van der Waals surface area contributed by atoms with Crippen LogP contribution in [0.25, 0.3) is 6.08 Å². The van der Waals surface area contributed by atoms with Gasteiger partial charge in [-0.3, -0.25) is 14.9 Å². The summed E-state index contributed by atoms with van der Waals surface area (Å²) in [4.78, 5) is 33.5. The molecule has 1 N–H and O–H groups in total. The summed E-state index contributed by atoms with van der Waals surface area (Å²) in [5, 5.41) is 22.3. The second-order valence-electron chi connectivity index (χ2n) is 5.81. The molecule has 8 nitrogen and oxygen atoms in total. The Labute approximate surface area is 145 Å². The zero-order chi connectivity index (χ0) is 19.0. The van der Waals surface area contributed by atoms with Crippen LogP contribution in [0.5, 0.6) is 0 Å². The Kier molecular flexibility index (Phi) is 6.81. The van der Waals surface area contributed by atoms with Crippen molar-refractivity contribution >= 4 is 23.6 Å². The molecule has 0 aliphatic heterocycles. The fraction of sp³-hybridized carbons (Fsp3) is 0.353. The van der Waals surface area contributed by atoms with Gasteiger partial charge in [0.2, 0.25) is 0 Å². The molecule has 0 fully saturated rings. The summed E-state index contributed by atoms with van der Waals surface area (Å²) >= 11 is 0. The number of nitrogens with one attached hydrogen (secondary N) is 1. The van der Waals surface area contributed by atoms with E-state index in [0.29, 0.717) is 5.56 Å². The lowest BCUT2D eigenvalue weighted by molar-refractivity contribution is -0.384. The van der Waals surface area contributed by atoms with Gasteiger partial charge < -0.3 is 10.1 Å². The molecule has 0 aliphatic rings. The van der Waals surface area contributed by atoms with Crippen molar-refractivity contribution in [3.8, 4) is 6.07 Å². The number of hydrogen-bond acceptors (Lipinski definition) is 6. The Morgan fingerprint density at radius 3 is 2.72 bits per heavy atom. The average Bonchev–Trinajstić information content (AvgIpc) is 2.58. The predicted octanol–water partition coefficient (Wildman–Crippen LogP) is 2.21. The Hall–Kier alpha value is -3.21. The highest BCUT2D eigenvalue weighted by Crippen LogP contribution is 2.15. The molecule has 0 bridgehead atoms. The van der Waals surface area contributed by atoms with Gasteiger partial charge >= 0.3 is 5.97 Å². The second kappa shape index (κ2) is 8.59. The maximum Gasteiger partial charge on any atom is 0.331 e. The number of hydrogen-bond donors (Lipinski definition) is 1. The van der Waals surface area contributed by atoms with E-state index in [9.17, 15) is 19.7 Å². The van der Waals surface area contributed by atoms with E-state index < -0.39 is 28.9 Å². The van der Waals surface area contributed by atoms with Crippen molar-refractivity contribution in [2.45, 2.75) is 26.3 Å². The summed E-state index contributed by atoms with van der Waals surface area (Å²) in [5.41, 5.74) is -0.700. The fourth-order valence-corrected chi connectivity index (χ4v) is 1.72. The first-order chi connectivity index (χ1) is 11.7. The molecule has 1 aromatic rings. The topological polar surface area (TPSA) is 122 Å². The number of nitro benzene ring substituents is 1. The number of rotatable bonds is 7. The minimum absolute atomic E-state index is 0.0978. The van der Waals surface area contributed by atoms with E-state index >= 15 is 0 Å². The molecule has 1 atom stereocenters. The molecule has 25 heavy (non-hydrogen) atoms. The smallest absolute Gasteiger partial charge is 0.331 e. The second-order valence-corrected chi connectivity index (χ2v) is 5.81. The highest BCUT2D eigenvalue weighted by molar-refractivity contribution is 5.89. The van der Waals surface area contributed by atoms with E-state index in [4.69, 9.17) is 10.00 Å². The molecule has 0 spiro atoms. The molecule has 132 valence electrons. The molecule has 0 saturated heterocycles. The first-order valence-corrected chi connectivity index (χ1v) is 7.49. The molecule has 1 rings (SSSR count). The number of nitrogens with zero attached hydrogens (tertiary/aromatic N) is 2. The van der Waals surface area contributed by atoms with E-state index in [-0.39, 0.29) is 11.6 Å². The number of amides is 1. The highest BCUT2D eigenvalue weighted by Gasteiger charge is 2.30. The molecular weight excluding hydrogens is 326 g/mol. The maximum atomic E-state index is 11.8. The molecule has 0 unspecified atom stereocenters. The van der Waals surface area contributed by atoms with E-state index in [1.807, 2.05) is 6.07 Å². The Morgan fingerprint density at radius 2 is 2.16 bits per heavy atom. The van der Waals surface area contributed by atoms with Crippen LogP contribution in [0.1, 0.15) is 26.3 Å². The SMILES string of the molecule is CC(C)[C@](C)(C#N)NC(=O)COC(=O)/C=C/c1cccc([N+](=O)[O-])c1. The van der Waals surface area contributed by atoms with Gasteiger partial charge in [0.15, 0.2) is 6.61 Å². The molecule has 0 aliphatic carbocycles. The van der Waals surface area contributed by atoms with Crippen LogP contribution in [0.15, 0.2) is 30.3 Å². The van der Waals surface area contributed by atoms with Gasteiger partial charge in [0.05, 0.1) is 11.0 Å². The van der Waals surface area contributed by atoms with Gasteiger partial charge in [0.1, 0.15) is 5.54 Å². The molecule has 8 heteroatoms. The van der Waals surface area contributed by atoms with Crippen LogP contribution in [-0.4, -0.2) is 28.9 Å². The van der Waals surface area contributed by atoms with Crippen molar-refractivity contribution in [2.75, 3.05) is 6.61 Å². The molecule has 1 aromatic carbocycles. The Balaban J connectivity index is 2.58. The number of carbonyl (C=O) groups is 2. The first kappa shape index (κ1) is 19.8. The zero-order valence-electron chi connectivity index (χ0n) is 14.2. The zero-order valence-corrected chi connectivity index (χ0v) is 14.2. The number of nitriles is 1. The summed E-state index contributed by atoms with van der Waals surface area (Å²) in [6.45, 7) is 4.64. The number of non-ortho nitro benzene ring substituents is 1. The Bertz CT molecular complexity index is 736. The monoisotopic (exact) mass is 345 g/mol. The molecule has 0 saturated carbocycles. The van der Waals surface area contributed by atoms with Gasteiger partial charge in [-0.2, -0.15) is 5.26 Å². The Morgan fingerprint density at radius 1 is 1.48 bits per heavy atom. The van der Waals surface area contributed by atoms with E-state index in [1.165, 1.54) is 24.3 Å². The first-order valence-electron chi connectivity index (χ1n) is 7.49. The lowest BCUT2D eigenvalue weighted by Crippen LogP contribution is -2.50. The van der Waals surface area contributed by atoms with Crippen molar-refractivity contribution in [2.24, 2.45) is 5.92 Å². The number of ether oxygens (including phenoxy) is 1. The van der Waals surface area contributed by atoms with Crippen LogP contribution in [0, 0.1) is 27.4 Å². The van der Waals surface area contributed by atoms with Gasteiger partial charge in [-0.15, -0.1) is 0 Å². The molecule has 0 radical (unpaired) electrons. The summed E-state index contributed by atoms with van der Waals surface area (Å²) in [6, 6.07) is 7.73. The third-order valence-corrected chi connectivity index (χ3v) is 3.62. The third-order valence-electron chi connectivity index (χ3n) is 3.62. The van der Waals surface area contributed by atoms with Crippen LogP contribution in [0.2, 0.25) is 0 Å². The van der Waals surface area contributed by atoms with Crippen molar-refractivity contribution in [1.29, 1.82) is 5.26 Å². The molecule has 0 aromatic heterocycles. The maximum absolute atomic E-state index is 11.8. The molecule has 1 amide bonds. The van der Waals surface area contributed by atoms with Gasteiger partial charge in [0, 0.05) is 18.2 Å². The standard InChI is InChI=1S/C17H19N3O5/c1-12(2)17(3,11-18)19-15(21)10-25-16(22)8-7-13-5-4-6-14(9-13)20(23)24/h4-9,12H,10H2,1-3H3,(H,19,21)/b8-7+/t17-/m0/s1. The minimum Gasteiger partial charge on any atom is -0.452 e. The van der Waals surface area contributed by atoms with Gasteiger partial charge in [-0.25, -0.2) is 4.79 Å². The number of benzene rings is 1. The van der Waals surface area contributed by atoms with Crippen LogP contribution >= 0.6 is 0 Å². The lowest BCUT2D eigenvalue weighted by atomic mass is 9.90. The van der Waals surface area contributed by atoms with Crippen LogP contribution in [0.3, 0.4) is 0 Å². The van der Waals surface area contributed by atoms with E-state index in [1.54, 1.807) is 26.8 Å². The van der Waals surface area contributed by atoms with E-state index in [0.717, 1.165) is 6.08 Å². The average molecular weight is 345 g/mol. The lowest BCUT2D eigenvalue weighted by Gasteiger charge is -2.27. The van der Waals surface area contributed by atoms with Crippen molar-refractivity contribution in [3.05, 3.63) is 46.0 Å². The number of nitro groups is 1. The fourth-order valence-electron chi connectivity index (χ4n) is 1.72. The van der Waals surface area contributed by atoms with Crippen LogP contribution in [-0.2, 0) is 14.3 Å². The quantitative estimate of drug-likeness (QED) is 0.350. The predicted molar refractivity (Wildman–Crippen MR) is 90.1 cm³/mol. The van der Waals surface area contributed by atoms with Gasteiger partial charge in [-0.05, 0) is 24.5 Å². The third kappa shape index (κ3) is 6.06.